The van der Waals surface area contributed by atoms with Crippen LogP contribution in [0.25, 0.3) is 10.2 Å². The number of aliphatic hydroxyl groups excluding tert-OH is 1. The summed E-state index contributed by atoms with van der Waals surface area (Å²) in [6.45, 7) is 2.63. The fourth-order valence-corrected chi connectivity index (χ4v) is 4.43. The van der Waals surface area contributed by atoms with Crippen molar-refractivity contribution in [3.63, 3.8) is 0 Å². The summed E-state index contributed by atoms with van der Waals surface area (Å²) in [4.78, 5) is 50.8. The monoisotopic (exact) mass is 446 g/mol. The van der Waals surface area contributed by atoms with Crippen LogP contribution in [-0.4, -0.2) is 39.9 Å². The summed E-state index contributed by atoms with van der Waals surface area (Å²) >= 11 is 0.945. The molecule has 0 saturated heterocycles. The lowest BCUT2D eigenvalue weighted by molar-refractivity contribution is -0.141. The number of aliphatic hydroxyl groups is 1. The summed E-state index contributed by atoms with van der Waals surface area (Å²) in [5, 5.41) is 10.8. The number of hydrogen-bond donors (Lipinski definition) is 1. The molecule has 1 N–H and O–H groups in total. The number of ether oxygens (including phenoxy) is 2. The van der Waals surface area contributed by atoms with Crippen molar-refractivity contribution in [2.24, 2.45) is 0 Å². The minimum absolute atomic E-state index is 0.122. The van der Waals surface area contributed by atoms with E-state index in [0.29, 0.717) is 11.1 Å². The molecule has 3 aromatic rings. The van der Waals surface area contributed by atoms with Crippen LogP contribution in [0, 0.1) is 6.92 Å². The molecule has 10 heteroatoms. The first-order valence-corrected chi connectivity index (χ1v) is 10.3. The second-order valence-corrected chi connectivity index (χ2v) is 7.74. The van der Waals surface area contributed by atoms with Gasteiger partial charge in [0.05, 0.1) is 31.8 Å². The van der Waals surface area contributed by atoms with Crippen molar-refractivity contribution in [1.29, 1.82) is 0 Å². The Balaban J connectivity index is 2.26. The molecule has 3 rings (SSSR count). The fourth-order valence-electron chi connectivity index (χ4n) is 3.23. The highest BCUT2D eigenvalue weighted by Gasteiger charge is 2.25. The molecule has 1 aromatic carbocycles. The van der Waals surface area contributed by atoms with Crippen molar-refractivity contribution < 1.29 is 24.2 Å². The molecule has 0 aliphatic carbocycles. The van der Waals surface area contributed by atoms with E-state index in [4.69, 9.17) is 4.74 Å². The quantitative estimate of drug-likeness (QED) is 0.548. The highest BCUT2D eigenvalue weighted by Crippen LogP contribution is 2.29. The highest BCUT2D eigenvalue weighted by molar-refractivity contribution is 7.20. The van der Waals surface area contributed by atoms with E-state index in [1.165, 1.54) is 4.57 Å². The molecular weight excluding hydrogens is 424 g/mol. The van der Waals surface area contributed by atoms with Crippen LogP contribution in [0.1, 0.15) is 33.8 Å². The van der Waals surface area contributed by atoms with Gasteiger partial charge < -0.3 is 14.6 Å². The molecule has 31 heavy (non-hydrogen) atoms. The molecule has 2 aromatic heterocycles. The SMILES string of the molecule is CCOC(=O)c1sc2c(c1C)c(=O)n(CC(=O)OC)c(=O)n2CC(O)c1ccccc1. The minimum Gasteiger partial charge on any atom is -0.468 e. The van der Waals surface area contributed by atoms with Crippen molar-refractivity contribution >= 4 is 33.5 Å². The number of carbonyl (C=O) groups excluding carboxylic acids is 2. The first-order chi connectivity index (χ1) is 14.8. The number of esters is 2. The summed E-state index contributed by atoms with van der Waals surface area (Å²) in [5.74, 6) is -1.38. The third-order valence-corrected chi connectivity index (χ3v) is 6.10. The number of methoxy groups -OCH3 is 1. The van der Waals surface area contributed by atoms with Gasteiger partial charge in [-0.2, -0.15) is 0 Å². The third kappa shape index (κ3) is 4.30. The molecule has 0 radical (unpaired) electrons. The van der Waals surface area contributed by atoms with Crippen LogP contribution >= 0.6 is 11.3 Å². The van der Waals surface area contributed by atoms with Crippen LogP contribution in [0.15, 0.2) is 39.9 Å². The Morgan fingerprint density at radius 3 is 2.45 bits per heavy atom. The zero-order chi connectivity index (χ0) is 22.7. The van der Waals surface area contributed by atoms with E-state index in [-0.39, 0.29) is 28.2 Å². The molecule has 0 fully saturated rings. The number of thiophene rings is 1. The molecule has 0 spiro atoms. The topological polar surface area (TPSA) is 117 Å². The lowest BCUT2D eigenvalue weighted by atomic mass is 10.1. The molecule has 0 amide bonds. The Bertz CT molecular complexity index is 1240. The first kappa shape index (κ1) is 22.4. The van der Waals surface area contributed by atoms with Gasteiger partial charge in [-0.05, 0) is 25.0 Å². The molecule has 1 unspecified atom stereocenters. The Hall–Kier alpha value is -3.24. The van der Waals surface area contributed by atoms with Crippen molar-refractivity contribution in [3.05, 3.63) is 67.2 Å². The summed E-state index contributed by atoms with van der Waals surface area (Å²) in [7, 11) is 1.15. The fraction of sp³-hybridized carbons (Fsp3) is 0.333. The standard InChI is InChI=1S/C21H22N2O7S/c1-4-30-20(27)17-12(2)16-18(26)22(11-15(25)29-3)21(28)23(19(16)31-17)10-14(24)13-8-6-5-7-9-13/h5-9,14,24H,4,10-11H2,1-3H3. The van der Waals surface area contributed by atoms with Gasteiger partial charge in [-0.15, -0.1) is 11.3 Å². The average molecular weight is 446 g/mol. The summed E-state index contributed by atoms with van der Waals surface area (Å²) in [6.07, 6.45) is -1.06. The van der Waals surface area contributed by atoms with Gasteiger partial charge in [-0.3, -0.25) is 14.2 Å². The van der Waals surface area contributed by atoms with E-state index in [1.807, 2.05) is 0 Å². The number of rotatable bonds is 7. The van der Waals surface area contributed by atoms with Gasteiger partial charge in [0.25, 0.3) is 5.56 Å². The number of nitrogens with zero attached hydrogens (tertiary/aromatic N) is 2. The van der Waals surface area contributed by atoms with E-state index < -0.39 is 35.8 Å². The molecule has 164 valence electrons. The number of aryl methyl sites for hydroxylation is 1. The molecule has 0 aliphatic rings. The Labute approximate surface area is 181 Å². The van der Waals surface area contributed by atoms with Crippen molar-refractivity contribution in [1.82, 2.24) is 9.13 Å². The number of fused-ring (bicyclic) bond motifs is 1. The number of carbonyl (C=O) groups is 2. The van der Waals surface area contributed by atoms with Crippen LogP contribution in [0.3, 0.4) is 0 Å². The predicted octanol–water partition coefficient (Wildman–Crippen LogP) is 1.62. The highest BCUT2D eigenvalue weighted by atomic mass is 32.1. The molecule has 0 saturated carbocycles. The van der Waals surface area contributed by atoms with E-state index >= 15 is 0 Å². The van der Waals surface area contributed by atoms with E-state index in [2.05, 4.69) is 4.74 Å². The van der Waals surface area contributed by atoms with Crippen molar-refractivity contribution in [3.8, 4) is 0 Å². The van der Waals surface area contributed by atoms with Crippen LogP contribution in [0.4, 0.5) is 0 Å². The first-order valence-electron chi connectivity index (χ1n) is 9.53. The maximum Gasteiger partial charge on any atom is 0.348 e. The zero-order valence-corrected chi connectivity index (χ0v) is 18.1. The smallest absolute Gasteiger partial charge is 0.348 e. The van der Waals surface area contributed by atoms with E-state index in [0.717, 1.165) is 23.0 Å². The Morgan fingerprint density at radius 2 is 1.84 bits per heavy atom. The predicted molar refractivity (Wildman–Crippen MR) is 114 cm³/mol. The Kier molecular flexibility index (Phi) is 6.71. The van der Waals surface area contributed by atoms with Crippen LogP contribution in [-0.2, 0) is 27.4 Å². The van der Waals surface area contributed by atoms with E-state index in [9.17, 15) is 24.3 Å². The zero-order valence-electron chi connectivity index (χ0n) is 17.3. The van der Waals surface area contributed by atoms with Gasteiger partial charge in [-0.25, -0.2) is 14.2 Å². The Morgan fingerprint density at radius 1 is 1.16 bits per heavy atom. The minimum atomic E-state index is -1.06. The molecule has 2 heterocycles. The summed E-state index contributed by atoms with van der Waals surface area (Å²) < 4.78 is 11.6. The second-order valence-electron chi connectivity index (χ2n) is 6.74. The number of aromatic nitrogens is 2. The molecule has 0 aliphatic heterocycles. The second kappa shape index (κ2) is 9.27. The third-order valence-electron chi connectivity index (χ3n) is 4.81. The van der Waals surface area contributed by atoms with Gasteiger partial charge in [-0.1, -0.05) is 30.3 Å². The molecule has 9 nitrogen and oxygen atoms in total. The lowest BCUT2D eigenvalue weighted by Gasteiger charge is -2.15. The number of hydrogen-bond acceptors (Lipinski definition) is 8. The molecule has 1 atom stereocenters. The summed E-state index contributed by atoms with van der Waals surface area (Å²) in [6, 6.07) is 8.72. The van der Waals surface area contributed by atoms with Gasteiger partial charge in [0.1, 0.15) is 16.3 Å². The van der Waals surface area contributed by atoms with Gasteiger partial charge in [0, 0.05) is 0 Å². The average Bonchev–Trinajstić information content (AvgIpc) is 3.11. The van der Waals surface area contributed by atoms with Crippen LogP contribution in [0.5, 0.6) is 0 Å². The molecular formula is C21H22N2O7S. The number of benzene rings is 1. The van der Waals surface area contributed by atoms with E-state index in [1.54, 1.807) is 44.2 Å². The molecule has 0 bridgehead atoms. The lowest BCUT2D eigenvalue weighted by Crippen LogP contribution is -2.42. The van der Waals surface area contributed by atoms with Crippen molar-refractivity contribution in [2.75, 3.05) is 13.7 Å². The van der Waals surface area contributed by atoms with Crippen LogP contribution < -0.4 is 11.2 Å². The maximum absolute atomic E-state index is 13.1. The largest absolute Gasteiger partial charge is 0.468 e. The maximum atomic E-state index is 13.1. The summed E-state index contributed by atoms with van der Waals surface area (Å²) in [5.41, 5.74) is -0.563. The van der Waals surface area contributed by atoms with Gasteiger partial charge >= 0.3 is 17.6 Å². The van der Waals surface area contributed by atoms with Gasteiger partial charge in [0.2, 0.25) is 0 Å². The van der Waals surface area contributed by atoms with Gasteiger partial charge in [0.15, 0.2) is 0 Å². The normalized spacial score (nSPS) is 12.0. The van der Waals surface area contributed by atoms with Crippen LogP contribution in [0.2, 0.25) is 0 Å². The van der Waals surface area contributed by atoms with Crippen molar-refractivity contribution in [2.45, 2.75) is 33.0 Å².